The summed E-state index contributed by atoms with van der Waals surface area (Å²) >= 11 is 13.8. The van der Waals surface area contributed by atoms with Crippen LogP contribution in [0.1, 0.15) is 27.6 Å². The molecule has 5 heteroatoms. The molecule has 3 aromatic rings. The molecular formula is C21H17Cl2NOS. The predicted molar refractivity (Wildman–Crippen MR) is 108 cm³/mol. The molecule has 0 saturated heterocycles. The summed E-state index contributed by atoms with van der Waals surface area (Å²) in [5, 5.41) is 3.50. The molecule has 0 saturated carbocycles. The van der Waals surface area contributed by atoms with Crippen LogP contribution in [0.3, 0.4) is 0 Å². The number of carbonyl (C=O) groups is 1. The fourth-order valence-corrected chi connectivity index (χ4v) is 4.62. The van der Waals surface area contributed by atoms with E-state index in [4.69, 9.17) is 23.2 Å². The first kappa shape index (κ1) is 17.6. The molecule has 1 aliphatic rings. The predicted octanol–water partition coefficient (Wildman–Crippen LogP) is 5.77. The van der Waals surface area contributed by atoms with Crippen molar-refractivity contribution >= 4 is 40.4 Å². The van der Waals surface area contributed by atoms with Crippen LogP contribution in [0.2, 0.25) is 10.0 Å². The van der Waals surface area contributed by atoms with E-state index in [1.54, 1.807) is 11.3 Å². The van der Waals surface area contributed by atoms with Crippen LogP contribution < -0.4 is 0 Å². The summed E-state index contributed by atoms with van der Waals surface area (Å²) in [4.78, 5) is 16.5. The largest absolute Gasteiger partial charge is 0.331 e. The van der Waals surface area contributed by atoms with Crippen molar-refractivity contribution in [2.75, 3.05) is 6.54 Å². The van der Waals surface area contributed by atoms with E-state index in [0.717, 1.165) is 24.1 Å². The monoisotopic (exact) mass is 401 g/mol. The van der Waals surface area contributed by atoms with Crippen molar-refractivity contribution in [2.45, 2.75) is 18.9 Å². The molecule has 0 bridgehead atoms. The van der Waals surface area contributed by atoms with Crippen molar-refractivity contribution in [2.24, 2.45) is 0 Å². The first-order chi connectivity index (χ1) is 12.6. The highest BCUT2D eigenvalue weighted by molar-refractivity contribution is 7.10. The first-order valence-electron chi connectivity index (χ1n) is 8.47. The smallest absolute Gasteiger partial charge is 0.227 e. The van der Waals surface area contributed by atoms with Crippen LogP contribution in [0.5, 0.6) is 0 Å². The lowest BCUT2D eigenvalue weighted by Gasteiger charge is -2.36. The number of nitrogens with zero attached hydrogens (tertiary/aromatic N) is 1. The highest BCUT2D eigenvalue weighted by atomic mass is 35.5. The minimum absolute atomic E-state index is 0.0536. The Balaban J connectivity index is 1.66. The standard InChI is InChI=1S/C21H17Cl2NOS/c22-16-5-1-14(2-6-16)13-20(25)24-11-9-19-18(10-12-26-19)21(24)15-3-7-17(23)8-4-15/h1-8,10,12,21H,9,11,13H2. The third kappa shape index (κ3) is 3.52. The summed E-state index contributed by atoms with van der Waals surface area (Å²) in [5.41, 5.74) is 3.30. The third-order valence-electron chi connectivity index (χ3n) is 4.74. The molecule has 0 fully saturated rings. The molecule has 132 valence electrons. The van der Waals surface area contributed by atoms with Crippen LogP contribution in [0.15, 0.2) is 60.0 Å². The lowest BCUT2D eigenvalue weighted by atomic mass is 9.92. The van der Waals surface area contributed by atoms with Crippen LogP contribution in [0.25, 0.3) is 0 Å². The normalized spacial score (nSPS) is 16.4. The van der Waals surface area contributed by atoms with Crippen molar-refractivity contribution < 1.29 is 4.79 Å². The third-order valence-corrected chi connectivity index (χ3v) is 6.24. The molecule has 1 aromatic heterocycles. The molecule has 0 radical (unpaired) electrons. The van der Waals surface area contributed by atoms with E-state index in [0.29, 0.717) is 16.5 Å². The van der Waals surface area contributed by atoms with Crippen molar-refractivity contribution in [3.05, 3.63) is 91.6 Å². The molecule has 26 heavy (non-hydrogen) atoms. The van der Waals surface area contributed by atoms with Gasteiger partial charge in [-0.3, -0.25) is 4.79 Å². The SMILES string of the molecule is O=C(Cc1ccc(Cl)cc1)N1CCc2sccc2C1c1ccc(Cl)cc1. The van der Waals surface area contributed by atoms with Gasteiger partial charge in [0.25, 0.3) is 0 Å². The van der Waals surface area contributed by atoms with Gasteiger partial charge in [-0.1, -0.05) is 47.5 Å². The molecule has 2 heterocycles. The number of benzene rings is 2. The van der Waals surface area contributed by atoms with Crippen LogP contribution in [-0.2, 0) is 17.6 Å². The van der Waals surface area contributed by atoms with E-state index in [1.807, 2.05) is 53.4 Å². The summed E-state index contributed by atoms with van der Waals surface area (Å²) < 4.78 is 0. The maximum Gasteiger partial charge on any atom is 0.227 e. The average Bonchev–Trinajstić information content (AvgIpc) is 3.12. The zero-order chi connectivity index (χ0) is 18.1. The van der Waals surface area contributed by atoms with Crippen LogP contribution in [0, 0.1) is 0 Å². The maximum absolute atomic E-state index is 13.1. The molecule has 4 rings (SSSR count). The number of halogens is 2. The molecule has 1 atom stereocenters. The molecule has 2 aromatic carbocycles. The maximum atomic E-state index is 13.1. The zero-order valence-corrected chi connectivity index (χ0v) is 16.3. The van der Waals surface area contributed by atoms with E-state index < -0.39 is 0 Å². The van der Waals surface area contributed by atoms with Gasteiger partial charge in [-0.25, -0.2) is 0 Å². The molecule has 1 amide bonds. The van der Waals surface area contributed by atoms with Gasteiger partial charge in [0.2, 0.25) is 5.91 Å². The number of rotatable bonds is 3. The second-order valence-electron chi connectivity index (χ2n) is 6.39. The van der Waals surface area contributed by atoms with Gasteiger partial charge in [-0.2, -0.15) is 0 Å². The van der Waals surface area contributed by atoms with Crippen LogP contribution >= 0.6 is 34.5 Å². The van der Waals surface area contributed by atoms with Gasteiger partial charge < -0.3 is 4.90 Å². The Kier molecular flexibility index (Phi) is 5.03. The van der Waals surface area contributed by atoms with Gasteiger partial charge in [0.15, 0.2) is 0 Å². The van der Waals surface area contributed by atoms with Gasteiger partial charge in [0, 0.05) is 21.5 Å². The molecule has 1 aliphatic heterocycles. The van der Waals surface area contributed by atoms with E-state index >= 15 is 0 Å². The molecule has 0 N–H and O–H groups in total. The lowest BCUT2D eigenvalue weighted by molar-refractivity contribution is -0.132. The Hall–Kier alpha value is -1.81. The summed E-state index contributed by atoms with van der Waals surface area (Å²) in [6.45, 7) is 0.729. The summed E-state index contributed by atoms with van der Waals surface area (Å²) in [6, 6.07) is 17.4. The van der Waals surface area contributed by atoms with Gasteiger partial charge in [0.1, 0.15) is 0 Å². The van der Waals surface area contributed by atoms with Gasteiger partial charge in [0.05, 0.1) is 12.5 Å². The minimum Gasteiger partial charge on any atom is -0.331 e. The van der Waals surface area contributed by atoms with Gasteiger partial charge in [-0.05, 0) is 58.8 Å². The van der Waals surface area contributed by atoms with E-state index in [2.05, 4.69) is 11.4 Å². The Morgan fingerprint density at radius 1 is 1.00 bits per heavy atom. The Bertz CT molecular complexity index is 918. The number of fused-ring (bicyclic) bond motifs is 1. The van der Waals surface area contributed by atoms with Crippen LogP contribution in [-0.4, -0.2) is 17.4 Å². The fraction of sp³-hybridized carbons (Fsp3) is 0.190. The number of hydrogen-bond donors (Lipinski definition) is 0. The van der Waals surface area contributed by atoms with Gasteiger partial charge in [-0.15, -0.1) is 11.3 Å². The molecular weight excluding hydrogens is 385 g/mol. The minimum atomic E-state index is -0.0536. The van der Waals surface area contributed by atoms with Crippen molar-refractivity contribution in [1.82, 2.24) is 4.90 Å². The van der Waals surface area contributed by atoms with E-state index in [-0.39, 0.29) is 11.9 Å². The van der Waals surface area contributed by atoms with E-state index in [1.165, 1.54) is 10.4 Å². The second kappa shape index (κ2) is 7.43. The topological polar surface area (TPSA) is 20.3 Å². The first-order valence-corrected chi connectivity index (χ1v) is 10.1. The number of hydrogen-bond acceptors (Lipinski definition) is 2. The lowest BCUT2D eigenvalue weighted by Crippen LogP contribution is -2.40. The number of thiophene rings is 1. The molecule has 2 nitrogen and oxygen atoms in total. The highest BCUT2D eigenvalue weighted by Crippen LogP contribution is 2.38. The molecule has 0 spiro atoms. The fourth-order valence-electron chi connectivity index (χ4n) is 3.47. The van der Waals surface area contributed by atoms with Crippen molar-refractivity contribution in [3.8, 4) is 0 Å². The molecule has 0 aliphatic carbocycles. The summed E-state index contributed by atoms with van der Waals surface area (Å²) in [5.74, 6) is 0.129. The summed E-state index contributed by atoms with van der Waals surface area (Å²) in [6.07, 6.45) is 1.28. The van der Waals surface area contributed by atoms with Crippen molar-refractivity contribution in [1.29, 1.82) is 0 Å². The number of amides is 1. The highest BCUT2D eigenvalue weighted by Gasteiger charge is 2.32. The van der Waals surface area contributed by atoms with Crippen LogP contribution in [0.4, 0.5) is 0 Å². The Morgan fingerprint density at radius 3 is 2.35 bits per heavy atom. The Morgan fingerprint density at radius 2 is 1.65 bits per heavy atom. The zero-order valence-electron chi connectivity index (χ0n) is 14.0. The number of carbonyl (C=O) groups excluding carboxylic acids is 1. The second-order valence-corrected chi connectivity index (χ2v) is 8.27. The quantitative estimate of drug-likeness (QED) is 0.545. The van der Waals surface area contributed by atoms with Crippen molar-refractivity contribution in [3.63, 3.8) is 0 Å². The molecule has 1 unspecified atom stereocenters. The average molecular weight is 402 g/mol. The summed E-state index contributed by atoms with van der Waals surface area (Å²) in [7, 11) is 0. The Labute approximate surface area is 167 Å². The van der Waals surface area contributed by atoms with Gasteiger partial charge >= 0.3 is 0 Å². The van der Waals surface area contributed by atoms with E-state index in [9.17, 15) is 4.79 Å².